The first-order chi connectivity index (χ1) is 8.47. The van der Waals surface area contributed by atoms with Crippen LogP contribution in [-0.2, 0) is 0 Å². The molecule has 1 heteroatoms. The molecule has 1 aliphatic carbocycles. The van der Waals surface area contributed by atoms with E-state index in [1.165, 1.54) is 25.0 Å². The fraction of sp³-hybridized carbons (Fsp3) is 0.625. The van der Waals surface area contributed by atoms with Crippen molar-refractivity contribution in [3.63, 3.8) is 0 Å². The number of hydrogen-bond donors (Lipinski definition) is 1. The monoisotopic (exact) mass is 233 g/mol. The van der Waals surface area contributed by atoms with E-state index >= 15 is 0 Å². The van der Waals surface area contributed by atoms with Crippen molar-refractivity contribution >= 4 is 0 Å². The number of allylic oxidation sites excluding steroid dienone is 3. The first kappa shape index (κ1) is 16.0. The summed E-state index contributed by atoms with van der Waals surface area (Å²) in [4.78, 5) is 0. The summed E-state index contributed by atoms with van der Waals surface area (Å²) in [7, 11) is 0. The zero-order valence-electron chi connectivity index (χ0n) is 11.8. The summed E-state index contributed by atoms with van der Waals surface area (Å²) >= 11 is 0. The van der Waals surface area contributed by atoms with Gasteiger partial charge in [0.15, 0.2) is 0 Å². The normalized spacial score (nSPS) is 21.4. The Morgan fingerprint density at radius 2 is 2.00 bits per heavy atom. The molecule has 0 aromatic carbocycles. The van der Waals surface area contributed by atoms with Crippen LogP contribution in [0.1, 0.15) is 47.0 Å². The molecule has 0 saturated carbocycles. The molecule has 1 heterocycles. The molecular formula is C16H27N. The SMILES string of the molecule is C1#CCC([C@H]2CCCNC2)=CC=C1.CC.CC. The van der Waals surface area contributed by atoms with Crippen molar-refractivity contribution in [2.45, 2.75) is 47.0 Å². The topological polar surface area (TPSA) is 12.0 Å². The van der Waals surface area contributed by atoms with E-state index in [-0.39, 0.29) is 0 Å². The van der Waals surface area contributed by atoms with Gasteiger partial charge in [0.25, 0.3) is 0 Å². The summed E-state index contributed by atoms with van der Waals surface area (Å²) in [6.45, 7) is 10.3. The molecule has 0 amide bonds. The van der Waals surface area contributed by atoms with E-state index in [0.717, 1.165) is 18.9 Å². The van der Waals surface area contributed by atoms with Gasteiger partial charge in [-0.3, -0.25) is 0 Å². The first-order valence-corrected chi connectivity index (χ1v) is 7.01. The van der Waals surface area contributed by atoms with Gasteiger partial charge in [-0.1, -0.05) is 57.3 Å². The second kappa shape index (κ2) is 11.5. The molecule has 96 valence electrons. The van der Waals surface area contributed by atoms with Crippen LogP contribution in [0, 0.1) is 17.8 Å². The van der Waals surface area contributed by atoms with Crippen molar-refractivity contribution in [3.05, 3.63) is 23.8 Å². The smallest absolute Gasteiger partial charge is 0.0309 e. The highest BCUT2D eigenvalue weighted by atomic mass is 14.9. The third-order valence-electron chi connectivity index (χ3n) is 2.71. The van der Waals surface area contributed by atoms with Gasteiger partial charge in [-0.2, -0.15) is 0 Å². The summed E-state index contributed by atoms with van der Waals surface area (Å²) in [6.07, 6.45) is 9.82. The van der Waals surface area contributed by atoms with Crippen molar-refractivity contribution in [2.24, 2.45) is 5.92 Å². The molecule has 1 saturated heterocycles. The van der Waals surface area contributed by atoms with Crippen LogP contribution in [0.3, 0.4) is 0 Å². The second-order valence-corrected chi connectivity index (χ2v) is 3.64. The lowest BCUT2D eigenvalue weighted by Crippen LogP contribution is -2.30. The minimum absolute atomic E-state index is 0.728. The minimum atomic E-state index is 0.728. The average molecular weight is 233 g/mol. The second-order valence-electron chi connectivity index (χ2n) is 3.64. The van der Waals surface area contributed by atoms with Crippen molar-refractivity contribution in [3.8, 4) is 11.8 Å². The predicted octanol–water partition coefficient (Wildman–Crippen LogP) is 3.93. The largest absolute Gasteiger partial charge is 0.316 e. The van der Waals surface area contributed by atoms with E-state index in [9.17, 15) is 0 Å². The molecule has 1 N–H and O–H groups in total. The van der Waals surface area contributed by atoms with Gasteiger partial charge < -0.3 is 5.32 Å². The van der Waals surface area contributed by atoms with Crippen LogP contribution >= 0.6 is 0 Å². The van der Waals surface area contributed by atoms with Gasteiger partial charge in [0.05, 0.1) is 0 Å². The molecule has 0 aromatic heterocycles. The predicted molar refractivity (Wildman–Crippen MR) is 77.9 cm³/mol. The Morgan fingerprint density at radius 1 is 1.24 bits per heavy atom. The highest BCUT2D eigenvalue weighted by Crippen LogP contribution is 2.22. The van der Waals surface area contributed by atoms with Crippen molar-refractivity contribution in [1.82, 2.24) is 5.32 Å². The third kappa shape index (κ3) is 6.34. The van der Waals surface area contributed by atoms with E-state index in [4.69, 9.17) is 0 Å². The van der Waals surface area contributed by atoms with E-state index < -0.39 is 0 Å². The molecule has 2 rings (SSSR count). The molecule has 17 heavy (non-hydrogen) atoms. The van der Waals surface area contributed by atoms with Gasteiger partial charge in [0.2, 0.25) is 0 Å². The maximum atomic E-state index is 3.44. The third-order valence-corrected chi connectivity index (χ3v) is 2.71. The van der Waals surface area contributed by atoms with Crippen LogP contribution < -0.4 is 5.32 Å². The van der Waals surface area contributed by atoms with Crippen molar-refractivity contribution < 1.29 is 0 Å². The van der Waals surface area contributed by atoms with E-state index in [2.05, 4.69) is 29.3 Å². The zero-order chi connectivity index (χ0) is 12.9. The molecular weight excluding hydrogens is 206 g/mol. The summed E-state index contributed by atoms with van der Waals surface area (Å²) in [6, 6.07) is 0. The minimum Gasteiger partial charge on any atom is -0.316 e. The van der Waals surface area contributed by atoms with Gasteiger partial charge in [-0.05, 0) is 31.4 Å². The number of hydrogen-bond acceptors (Lipinski definition) is 1. The van der Waals surface area contributed by atoms with Crippen LogP contribution in [0.5, 0.6) is 0 Å². The van der Waals surface area contributed by atoms with Gasteiger partial charge in [-0.15, -0.1) is 0 Å². The molecule has 0 spiro atoms. The number of rotatable bonds is 1. The average Bonchev–Trinajstić information content (AvgIpc) is 2.73. The number of piperidine rings is 1. The Hall–Kier alpha value is -1.00. The maximum absolute atomic E-state index is 3.44. The number of nitrogens with one attached hydrogen (secondary N) is 1. The lowest BCUT2D eigenvalue weighted by Gasteiger charge is -2.24. The van der Waals surface area contributed by atoms with Gasteiger partial charge >= 0.3 is 0 Å². The molecule has 0 unspecified atom stereocenters. The maximum Gasteiger partial charge on any atom is 0.0309 e. The Balaban J connectivity index is 0.000000581. The molecule has 1 nitrogen and oxygen atoms in total. The van der Waals surface area contributed by atoms with Crippen LogP contribution in [-0.4, -0.2) is 13.1 Å². The van der Waals surface area contributed by atoms with Gasteiger partial charge in [0, 0.05) is 13.0 Å². The fourth-order valence-corrected chi connectivity index (χ4v) is 1.94. The zero-order valence-corrected chi connectivity index (χ0v) is 11.8. The Morgan fingerprint density at radius 3 is 2.65 bits per heavy atom. The Labute approximate surface area is 107 Å². The van der Waals surface area contributed by atoms with E-state index in [0.29, 0.717) is 0 Å². The highest BCUT2D eigenvalue weighted by molar-refractivity contribution is 5.31. The lowest BCUT2D eigenvalue weighted by molar-refractivity contribution is 0.419. The van der Waals surface area contributed by atoms with Crippen LogP contribution in [0.2, 0.25) is 0 Å². The quantitative estimate of drug-likeness (QED) is 0.677. The highest BCUT2D eigenvalue weighted by Gasteiger charge is 2.16. The van der Waals surface area contributed by atoms with Crippen LogP contribution in [0.15, 0.2) is 23.8 Å². The standard InChI is InChI=1S/C12H15N.2C2H6/c1-2-4-7-11(6-3-1)12-8-5-9-13-10-12;2*1-2/h1,3,6,12-13H,5,7-10H2;2*1-2H3/t12-;;/m0../s1. The van der Waals surface area contributed by atoms with Crippen LogP contribution in [0.25, 0.3) is 0 Å². The first-order valence-electron chi connectivity index (χ1n) is 7.01. The lowest BCUT2D eigenvalue weighted by atomic mass is 9.89. The van der Waals surface area contributed by atoms with E-state index in [1.54, 1.807) is 0 Å². The molecule has 1 atom stereocenters. The summed E-state index contributed by atoms with van der Waals surface area (Å²) < 4.78 is 0. The van der Waals surface area contributed by atoms with Crippen LogP contribution in [0.4, 0.5) is 0 Å². The summed E-state index contributed by atoms with van der Waals surface area (Å²) in [5, 5.41) is 3.44. The molecule has 0 bridgehead atoms. The fourth-order valence-electron chi connectivity index (χ4n) is 1.94. The Bertz CT molecular complexity index is 282. The molecule has 1 fully saturated rings. The molecule has 1 aliphatic heterocycles. The molecule has 2 aliphatic rings. The Kier molecular flexibility index (Phi) is 10.8. The summed E-state index contributed by atoms with van der Waals surface area (Å²) in [5.74, 6) is 6.90. The van der Waals surface area contributed by atoms with Gasteiger partial charge in [0.1, 0.15) is 0 Å². The van der Waals surface area contributed by atoms with Crippen molar-refractivity contribution in [1.29, 1.82) is 0 Å². The summed E-state index contributed by atoms with van der Waals surface area (Å²) in [5.41, 5.74) is 1.51. The van der Waals surface area contributed by atoms with Gasteiger partial charge in [-0.25, -0.2) is 0 Å². The van der Waals surface area contributed by atoms with Crippen molar-refractivity contribution in [2.75, 3.05) is 13.1 Å². The molecule has 0 aromatic rings. The van der Waals surface area contributed by atoms with E-state index in [1.807, 2.05) is 33.8 Å². The molecule has 0 radical (unpaired) electrons.